The molecule has 0 heterocycles. The maximum atomic E-state index is 12.3. The van der Waals surface area contributed by atoms with Gasteiger partial charge in [0.05, 0.1) is 12.6 Å². The Bertz CT molecular complexity index is 839. The number of aliphatic hydroxyl groups excluding tert-OH is 1. The highest BCUT2D eigenvalue weighted by atomic mass is 16.5. The number of ether oxygens (including phenoxy) is 1. The lowest BCUT2D eigenvalue weighted by Crippen LogP contribution is -2.40. The summed E-state index contributed by atoms with van der Waals surface area (Å²) in [5, 5.41) is 18.4. The normalized spacial score (nSPS) is 13.9. The first-order chi connectivity index (χ1) is 14.7. The molecule has 2 aromatic rings. The second-order valence-corrected chi connectivity index (χ2v) is 7.24. The molecule has 3 rings (SSSR count). The van der Waals surface area contributed by atoms with Crippen LogP contribution in [0.15, 0.2) is 53.5 Å². The number of hydrogen-bond acceptors (Lipinski definition) is 4. The molecule has 0 unspecified atom stereocenters. The summed E-state index contributed by atoms with van der Waals surface area (Å²) < 4.78 is 5.55. The topological polar surface area (TPSA) is 95.0 Å². The van der Waals surface area contributed by atoms with E-state index in [4.69, 9.17) is 4.74 Å². The third kappa shape index (κ3) is 5.10. The summed E-state index contributed by atoms with van der Waals surface area (Å²) in [5.41, 5.74) is 4.74. The van der Waals surface area contributed by atoms with E-state index in [2.05, 4.69) is 45.2 Å². The zero-order valence-corrected chi connectivity index (χ0v) is 17.5. The molecule has 0 saturated carbocycles. The number of alkyl carbamates (subject to hydrolysis) is 1. The van der Waals surface area contributed by atoms with Gasteiger partial charge in [-0.25, -0.2) is 4.79 Å². The van der Waals surface area contributed by atoms with Gasteiger partial charge < -0.3 is 25.8 Å². The fourth-order valence-corrected chi connectivity index (χ4v) is 3.85. The van der Waals surface area contributed by atoms with E-state index in [1.54, 1.807) is 14.1 Å². The standard InChI is InChI=1S/C23H30N4O3/c1-24-22(25-2)26-13-7-8-16(14-28)27-23(29)30-15-21-19-11-5-3-9-17(19)18-10-4-6-12-20(18)21/h3-6,9-12,16,21,28H,7-8,13-15H2,1-2H3,(H,27,29)(H2,24,25,26)/t16-/m0/s1. The zero-order valence-electron chi connectivity index (χ0n) is 17.5. The number of fused-ring (bicyclic) bond motifs is 3. The molecule has 1 atom stereocenters. The predicted molar refractivity (Wildman–Crippen MR) is 119 cm³/mol. The van der Waals surface area contributed by atoms with Crippen LogP contribution in [-0.2, 0) is 4.74 Å². The van der Waals surface area contributed by atoms with Crippen molar-refractivity contribution in [2.24, 2.45) is 4.99 Å². The molecule has 0 fully saturated rings. The van der Waals surface area contributed by atoms with Crippen LogP contribution in [0.4, 0.5) is 4.79 Å². The van der Waals surface area contributed by atoms with Gasteiger partial charge in [-0.15, -0.1) is 0 Å². The molecule has 1 aliphatic rings. The maximum Gasteiger partial charge on any atom is 0.407 e. The van der Waals surface area contributed by atoms with Gasteiger partial charge in [0.2, 0.25) is 0 Å². The van der Waals surface area contributed by atoms with Crippen molar-refractivity contribution in [3.63, 3.8) is 0 Å². The summed E-state index contributed by atoms with van der Waals surface area (Å²) in [5.74, 6) is 0.730. The fraction of sp³-hybridized carbons (Fsp3) is 0.391. The molecule has 0 bridgehead atoms. The van der Waals surface area contributed by atoms with Gasteiger partial charge in [-0.05, 0) is 35.1 Å². The molecule has 160 valence electrons. The van der Waals surface area contributed by atoms with Crippen LogP contribution in [0.2, 0.25) is 0 Å². The van der Waals surface area contributed by atoms with Gasteiger partial charge in [0.1, 0.15) is 6.61 Å². The molecule has 30 heavy (non-hydrogen) atoms. The average Bonchev–Trinajstić information content (AvgIpc) is 3.10. The van der Waals surface area contributed by atoms with Crippen molar-refractivity contribution in [1.29, 1.82) is 0 Å². The molecule has 1 amide bonds. The molecular weight excluding hydrogens is 380 g/mol. The SMILES string of the molecule is CN=C(NC)NCCC[C@@H](CO)NC(=O)OCC1c2ccccc2-c2ccccc21. The average molecular weight is 411 g/mol. The Balaban J connectivity index is 1.50. The zero-order chi connectivity index (χ0) is 21.3. The van der Waals surface area contributed by atoms with Gasteiger partial charge in [0.15, 0.2) is 5.96 Å². The third-order valence-electron chi connectivity index (χ3n) is 5.37. The lowest BCUT2D eigenvalue weighted by molar-refractivity contribution is 0.131. The van der Waals surface area contributed by atoms with Gasteiger partial charge in [-0.2, -0.15) is 0 Å². The van der Waals surface area contributed by atoms with Gasteiger partial charge in [-0.3, -0.25) is 4.99 Å². The monoisotopic (exact) mass is 410 g/mol. The molecule has 0 radical (unpaired) electrons. The Kier molecular flexibility index (Phi) is 7.68. The van der Waals surface area contributed by atoms with Gasteiger partial charge in [0.25, 0.3) is 0 Å². The summed E-state index contributed by atoms with van der Waals surface area (Å²) in [4.78, 5) is 16.4. The first kappa shape index (κ1) is 21.6. The van der Waals surface area contributed by atoms with Crippen LogP contribution in [0, 0.1) is 0 Å². The van der Waals surface area contributed by atoms with Gasteiger partial charge in [0, 0.05) is 26.6 Å². The molecular formula is C23H30N4O3. The van der Waals surface area contributed by atoms with Crippen molar-refractivity contribution in [3.8, 4) is 11.1 Å². The van der Waals surface area contributed by atoms with E-state index in [1.165, 1.54) is 22.3 Å². The van der Waals surface area contributed by atoms with Crippen LogP contribution in [-0.4, -0.2) is 57.1 Å². The maximum absolute atomic E-state index is 12.3. The summed E-state index contributed by atoms with van der Waals surface area (Å²) in [6.07, 6.45) is 0.902. The number of nitrogens with one attached hydrogen (secondary N) is 3. The van der Waals surface area contributed by atoms with Crippen molar-refractivity contribution >= 4 is 12.1 Å². The molecule has 0 saturated heterocycles. The number of rotatable bonds is 8. The van der Waals surface area contributed by atoms with E-state index in [-0.39, 0.29) is 25.2 Å². The Hall–Kier alpha value is -3.06. The number of carbonyl (C=O) groups is 1. The lowest BCUT2D eigenvalue weighted by Gasteiger charge is -2.18. The molecule has 0 spiro atoms. The molecule has 7 nitrogen and oxygen atoms in total. The quantitative estimate of drug-likeness (QED) is 0.305. The van der Waals surface area contributed by atoms with E-state index >= 15 is 0 Å². The largest absolute Gasteiger partial charge is 0.449 e. The summed E-state index contributed by atoms with van der Waals surface area (Å²) in [6, 6.07) is 16.1. The number of hydrogen-bond donors (Lipinski definition) is 4. The number of benzene rings is 2. The third-order valence-corrected chi connectivity index (χ3v) is 5.37. The fourth-order valence-electron chi connectivity index (χ4n) is 3.85. The number of guanidine groups is 1. The first-order valence-corrected chi connectivity index (χ1v) is 10.3. The van der Waals surface area contributed by atoms with E-state index < -0.39 is 6.09 Å². The highest BCUT2D eigenvalue weighted by molar-refractivity contribution is 5.79. The van der Waals surface area contributed by atoms with Crippen molar-refractivity contribution in [3.05, 3.63) is 59.7 Å². The Morgan fingerprint density at radius 2 is 1.77 bits per heavy atom. The number of aliphatic hydroxyl groups is 1. The van der Waals surface area contributed by atoms with E-state index in [1.807, 2.05) is 24.3 Å². The number of aliphatic imine (C=N–C) groups is 1. The molecule has 1 aliphatic carbocycles. The minimum atomic E-state index is -0.505. The van der Waals surface area contributed by atoms with Crippen LogP contribution < -0.4 is 16.0 Å². The van der Waals surface area contributed by atoms with Crippen molar-refractivity contribution in [2.75, 3.05) is 33.9 Å². The van der Waals surface area contributed by atoms with Crippen LogP contribution in [0.25, 0.3) is 11.1 Å². The molecule has 4 N–H and O–H groups in total. The highest BCUT2D eigenvalue weighted by Gasteiger charge is 2.29. The van der Waals surface area contributed by atoms with Crippen LogP contribution >= 0.6 is 0 Å². The Morgan fingerprint density at radius 3 is 2.33 bits per heavy atom. The van der Waals surface area contributed by atoms with Crippen molar-refractivity contribution in [1.82, 2.24) is 16.0 Å². The second kappa shape index (κ2) is 10.6. The molecule has 7 heteroatoms. The van der Waals surface area contributed by atoms with Gasteiger partial charge >= 0.3 is 6.09 Å². The molecule has 2 aromatic carbocycles. The van der Waals surface area contributed by atoms with Crippen molar-refractivity contribution < 1.29 is 14.6 Å². The number of amides is 1. The number of carbonyl (C=O) groups excluding carboxylic acids is 1. The minimum Gasteiger partial charge on any atom is -0.449 e. The Labute approximate surface area is 177 Å². The summed E-state index contributed by atoms with van der Waals surface area (Å²) in [6.45, 7) is 0.819. The summed E-state index contributed by atoms with van der Waals surface area (Å²) in [7, 11) is 3.50. The van der Waals surface area contributed by atoms with E-state index in [0.717, 1.165) is 6.42 Å². The molecule has 0 aromatic heterocycles. The van der Waals surface area contributed by atoms with Crippen LogP contribution in [0.1, 0.15) is 29.9 Å². The number of nitrogens with zero attached hydrogens (tertiary/aromatic N) is 1. The van der Waals surface area contributed by atoms with Crippen LogP contribution in [0.3, 0.4) is 0 Å². The lowest BCUT2D eigenvalue weighted by atomic mass is 9.98. The second-order valence-electron chi connectivity index (χ2n) is 7.24. The van der Waals surface area contributed by atoms with Crippen LogP contribution in [0.5, 0.6) is 0 Å². The van der Waals surface area contributed by atoms with E-state index in [9.17, 15) is 9.90 Å². The Morgan fingerprint density at radius 1 is 1.13 bits per heavy atom. The van der Waals surface area contributed by atoms with E-state index in [0.29, 0.717) is 18.9 Å². The highest BCUT2D eigenvalue weighted by Crippen LogP contribution is 2.44. The summed E-state index contributed by atoms with van der Waals surface area (Å²) >= 11 is 0. The first-order valence-electron chi connectivity index (χ1n) is 10.3. The van der Waals surface area contributed by atoms with Gasteiger partial charge in [-0.1, -0.05) is 48.5 Å². The predicted octanol–water partition coefficient (Wildman–Crippen LogP) is 2.46. The minimum absolute atomic E-state index is 0.0215. The smallest absolute Gasteiger partial charge is 0.407 e. The van der Waals surface area contributed by atoms with Crippen molar-refractivity contribution in [2.45, 2.75) is 24.8 Å². The molecule has 0 aliphatic heterocycles.